The summed E-state index contributed by atoms with van der Waals surface area (Å²) < 4.78 is 0. The summed E-state index contributed by atoms with van der Waals surface area (Å²) in [5, 5.41) is 0. The molecule has 102 valence electrons. The summed E-state index contributed by atoms with van der Waals surface area (Å²) in [5.41, 5.74) is 2.29. The van der Waals surface area contributed by atoms with Crippen molar-refractivity contribution in [2.75, 3.05) is 13.1 Å². The Kier molecular flexibility index (Phi) is 3.54. The first-order valence-corrected chi connectivity index (χ1v) is 7.46. The maximum Gasteiger partial charge on any atom is 0.225 e. The van der Waals surface area contributed by atoms with Crippen molar-refractivity contribution in [1.82, 2.24) is 9.88 Å². The smallest absolute Gasteiger partial charge is 0.225 e. The molecule has 1 aromatic rings. The highest BCUT2D eigenvalue weighted by molar-refractivity contribution is 5.79. The van der Waals surface area contributed by atoms with Crippen LogP contribution in [0.4, 0.5) is 0 Å². The zero-order valence-corrected chi connectivity index (χ0v) is 11.6. The molecule has 0 spiro atoms. The van der Waals surface area contributed by atoms with E-state index in [0.717, 1.165) is 44.5 Å². The maximum absolute atomic E-state index is 12.2. The summed E-state index contributed by atoms with van der Waals surface area (Å²) in [5.74, 6) is 1.28. The molecule has 1 saturated carbocycles. The number of likely N-dealkylation sites (tertiary alicyclic amines) is 1. The van der Waals surface area contributed by atoms with Crippen LogP contribution in [0, 0.1) is 12.8 Å². The number of hydrogen-bond donors (Lipinski definition) is 0. The lowest BCUT2D eigenvalue weighted by atomic mass is 9.83. The minimum absolute atomic E-state index is 0.341. The van der Waals surface area contributed by atoms with Gasteiger partial charge in [-0.25, -0.2) is 0 Å². The minimum atomic E-state index is 0.341. The highest BCUT2D eigenvalue weighted by Crippen LogP contribution is 2.32. The topological polar surface area (TPSA) is 33.2 Å². The Balaban J connectivity index is 1.58. The molecule has 1 aliphatic heterocycles. The number of rotatable bonds is 2. The van der Waals surface area contributed by atoms with Crippen LogP contribution in [0.15, 0.2) is 18.2 Å². The van der Waals surface area contributed by atoms with Crippen LogP contribution in [-0.2, 0) is 4.79 Å². The zero-order chi connectivity index (χ0) is 13.2. The standard InChI is InChI=1S/C16H22N2O/c1-12-4-2-7-15(17-12)13-8-10-18(11-9-13)16(19)14-5-3-6-14/h2,4,7,13-14H,3,5-6,8-11H2,1H3. The molecule has 2 fully saturated rings. The third-order valence-corrected chi connectivity index (χ3v) is 4.59. The van der Waals surface area contributed by atoms with E-state index in [9.17, 15) is 4.79 Å². The lowest BCUT2D eigenvalue weighted by Gasteiger charge is -2.36. The predicted molar refractivity (Wildman–Crippen MR) is 74.9 cm³/mol. The maximum atomic E-state index is 12.2. The lowest BCUT2D eigenvalue weighted by Crippen LogP contribution is -2.43. The van der Waals surface area contributed by atoms with Gasteiger partial charge in [0.2, 0.25) is 5.91 Å². The van der Waals surface area contributed by atoms with Gasteiger partial charge in [0.1, 0.15) is 0 Å². The van der Waals surface area contributed by atoms with Crippen LogP contribution in [0.25, 0.3) is 0 Å². The van der Waals surface area contributed by atoms with Crippen LogP contribution in [-0.4, -0.2) is 28.9 Å². The van der Waals surface area contributed by atoms with E-state index in [2.05, 4.69) is 22.0 Å². The number of pyridine rings is 1. The minimum Gasteiger partial charge on any atom is -0.342 e. The van der Waals surface area contributed by atoms with Crippen molar-refractivity contribution >= 4 is 5.91 Å². The van der Waals surface area contributed by atoms with E-state index < -0.39 is 0 Å². The van der Waals surface area contributed by atoms with E-state index >= 15 is 0 Å². The van der Waals surface area contributed by atoms with Crippen LogP contribution < -0.4 is 0 Å². The van der Waals surface area contributed by atoms with E-state index in [1.165, 1.54) is 12.1 Å². The predicted octanol–water partition coefficient (Wildman–Crippen LogP) is 2.90. The Morgan fingerprint density at radius 3 is 2.53 bits per heavy atom. The normalized spacial score (nSPS) is 21.2. The average Bonchev–Trinajstić information content (AvgIpc) is 2.37. The van der Waals surface area contributed by atoms with Gasteiger partial charge in [-0.1, -0.05) is 12.5 Å². The second-order valence-corrected chi connectivity index (χ2v) is 5.93. The fourth-order valence-corrected chi connectivity index (χ4v) is 3.10. The number of carbonyl (C=O) groups is 1. The van der Waals surface area contributed by atoms with Crippen molar-refractivity contribution < 1.29 is 4.79 Å². The highest BCUT2D eigenvalue weighted by atomic mass is 16.2. The van der Waals surface area contributed by atoms with Gasteiger partial charge in [0.25, 0.3) is 0 Å². The molecule has 0 aromatic carbocycles. The molecule has 3 heteroatoms. The molecule has 0 N–H and O–H groups in total. The summed E-state index contributed by atoms with van der Waals surface area (Å²) in [4.78, 5) is 18.9. The van der Waals surface area contributed by atoms with Gasteiger partial charge in [0, 0.05) is 36.3 Å². The first kappa shape index (κ1) is 12.6. The molecular weight excluding hydrogens is 236 g/mol. The van der Waals surface area contributed by atoms with Crippen LogP contribution in [0.5, 0.6) is 0 Å². The number of aryl methyl sites for hydroxylation is 1. The summed E-state index contributed by atoms with van der Waals surface area (Å²) in [6, 6.07) is 6.25. The van der Waals surface area contributed by atoms with Crippen molar-refractivity contribution in [3.05, 3.63) is 29.6 Å². The Bertz CT molecular complexity index is 460. The molecule has 0 radical (unpaired) electrons. The second kappa shape index (κ2) is 5.32. The molecule has 1 aliphatic carbocycles. The van der Waals surface area contributed by atoms with Crippen LogP contribution in [0.3, 0.4) is 0 Å². The fourth-order valence-electron chi connectivity index (χ4n) is 3.10. The molecule has 0 bridgehead atoms. The number of carbonyl (C=O) groups excluding carboxylic acids is 1. The average molecular weight is 258 g/mol. The van der Waals surface area contributed by atoms with E-state index in [1.807, 2.05) is 13.0 Å². The fraction of sp³-hybridized carbons (Fsp3) is 0.625. The van der Waals surface area contributed by atoms with Gasteiger partial charge in [0.05, 0.1) is 0 Å². The van der Waals surface area contributed by atoms with Gasteiger partial charge >= 0.3 is 0 Å². The van der Waals surface area contributed by atoms with Crippen LogP contribution >= 0.6 is 0 Å². The monoisotopic (exact) mass is 258 g/mol. The number of hydrogen-bond acceptors (Lipinski definition) is 2. The Morgan fingerprint density at radius 2 is 1.95 bits per heavy atom. The van der Waals surface area contributed by atoms with Gasteiger partial charge < -0.3 is 4.90 Å². The largest absolute Gasteiger partial charge is 0.342 e. The molecule has 3 rings (SSSR count). The van der Waals surface area contributed by atoms with E-state index in [0.29, 0.717) is 17.7 Å². The van der Waals surface area contributed by atoms with E-state index in [1.54, 1.807) is 0 Å². The second-order valence-electron chi connectivity index (χ2n) is 5.93. The van der Waals surface area contributed by atoms with Crippen molar-refractivity contribution in [2.45, 2.75) is 44.9 Å². The molecule has 0 atom stereocenters. The first-order chi connectivity index (χ1) is 9.24. The Hall–Kier alpha value is -1.38. The van der Waals surface area contributed by atoms with Crippen LogP contribution in [0.2, 0.25) is 0 Å². The number of piperidine rings is 1. The molecule has 2 aliphatic rings. The molecular formula is C16H22N2O. The molecule has 0 unspecified atom stereocenters. The number of aromatic nitrogens is 1. The summed E-state index contributed by atoms with van der Waals surface area (Å²) in [6.07, 6.45) is 5.58. The molecule has 1 amide bonds. The van der Waals surface area contributed by atoms with Crippen molar-refractivity contribution in [1.29, 1.82) is 0 Å². The lowest BCUT2D eigenvalue weighted by molar-refractivity contribution is -0.139. The van der Waals surface area contributed by atoms with Gasteiger partial charge in [-0.15, -0.1) is 0 Å². The quantitative estimate of drug-likeness (QED) is 0.817. The van der Waals surface area contributed by atoms with Gasteiger partial charge in [-0.3, -0.25) is 9.78 Å². The van der Waals surface area contributed by atoms with Crippen molar-refractivity contribution in [2.24, 2.45) is 5.92 Å². The van der Waals surface area contributed by atoms with E-state index in [-0.39, 0.29) is 0 Å². The molecule has 1 aromatic heterocycles. The summed E-state index contributed by atoms with van der Waals surface area (Å²) >= 11 is 0. The van der Waals surface area contributed by atoms with Crippen LogP contribution in [0.1, 0.15) is 49.4 Å². The number of amides is 1. The third kappa shape index (κ3) is 2.65. The highest BCUT2D eigenvalue weighted by Gasteiger charge is 2.32. The molecule has 2 heterocycles. The summed E-state index contributed by atoms with van der Waals surface area (Å²) in [7, 11) is 0. The van der Waals surface area contributed by atoms with Gasteiger partial charge in [0.15, 0.2) is 0 Å². The SMILES string of the molecule is Cc1cccc(C2CCN(C(=O)C3CCC3)CC2)n1. The molecule has 1 saturated heterocycles. The molecule has 3 nitrogen and oxygen atoms in total. The van der Waals surface area contributed by atoms with E-state index in [4.69, 9.17) is 0 Å². The zero-order valence-electron chi connectivity index (χ0n) is 11.6. The van der Waals surface area contributed by atoms with Gasteiger partial charge in [-0.2, -0.15) is 0 Å². The Labute approximate surface area is 115 Å². The van der Waals surface area contributed by atoms with Gasteiger partial charge in [-0.05, 0) is 44.7 Å². The number of nitrogens with zero attached hydrogens (tertiary/aromatic N) is 2. The summed E-state index contributed by atoms with van der Waals surface area (Å²) in [6.45, 7) is 3.87. The first-order valence-electron chi connectivity index (χ1n) is 7.46. The molecule has 19 heavy (non-hydrogen) atoms. The third-order valence-electron chi connectivity index (χ3n) is 4.59. The van der Waals surface area contributed by atoms with Crippen molar-refractivity contribution in [3.8, 4) is 0 Å². The van der Waals surface area contributed by atoms with Crippen molar-refractivity contribution in [3.63, 3.8) is 0 Å². The Morgan fingerprint density at radius 1 is 1.21 bits per heavy atom.